The second-order valence-electron chi connectivity index (χ2n) is 4.87. The van der Waals surface area contributed by atoms with Gasteiger partial charge in [-0.15, -0.1) is 0 Å². The number of benzene rings is 1. The second-order valence-corrected chi connectivity index (χ2v) is 4.87. The highest BCUT2D eigenvalue weighted by Crippen LogP contribution is 2.05. The molecule has 0 radical (unpaired) electrons. The summed E-state index contributed by atoms with van der Waals surface area (Å²) in [5.41, 5.74) is 1.80. The van der Waals surface area contributed by atoms with Crippen molar-refractivity contribution in [1.29, 1.82) is 0 Å². The maximum atomic E-state index is 9.25. The summed E-state index contributed by atoms with van der Waals surface area (Å²) < 4.78 is 0. The summed E-state index contributed by atoms with van der Waals surface area (Å²) in [7, 11) is 0. The fraction of sp³-hybridized carbons (Fsp3) is 0.429. The Morgan fingerprint density at radius 2 is 2.00 bits per heavy atom. The van der Waals surface area contributed by atoms with Crippen molar-refractivity contribution in [2.24, 2.45) is 5.92 Å². The van der Waals surface area contributed by atoms with E-state index in [1.807, 2.05) is 30.3 Å². The first-order valence-electron chi connectivity index (χ1n) is 6.51. The van der Waals surface area contributed by atoms with Gasteiger partial charge in [0.05, 0.1) is 24.2 Å². The molecular formula is C14H20N4O. The predicted molar refractivity (Wildman–Crippen MR) is 73.9 cm³/mol. The van der Waals surface area contributed by atoms with E-state index in [4.69, 9.17) is 0 Å². The molecule has 0 saturated carbocycles. The lowest BCUT2D eigenvalue weighted by Crippen LogP contribution is -2.36. The minimum atomic E-state index is 0.0851. The molecule has 0 spiro atoms. The van der Waals surface area contributed by atoms with Crippen LogP contribution in [0, 0.1) is 5.92 Å². The van der Waals surface area contributed by atoms with E-state index in [-0.39, 0.29) is 12.6 Å². The van der Waals surface area contributed by atoms with Crippen LogP contribution in [0.4, 0.5) is 0 Å². The molecule has 19 heavy (non-hydrogen) atoms. The number of hydrogen-bond acceptors (Lipinski definition) is 4. The van der Waals surface area contributed by atoms with Gasteiger partial charge in [-0.3, -0.25) is 0 Å². The molecule has 0 unspecified atom stereocenters. The standard InChI is InChI=1S/C14H20N4O/c1-11(2)14(10-19)15-8-12-9-16-18(17-12)13-6-4-3-5-7-13/h3-7,9,11,14-15,19H,8,10H2,1-2H3/t14-/m1/s1. The van der Waals surface area contributed by atoms with Crippen LogP contribution in [0.2, 0.25) is 0 Å². The van der Waals surface area contributed by atoms with Gasteiger partial charge in [0, 0.05) is 12.6 Å². The van der Waals surface area contributed by atoms with Crippen molar-refractivity contribution in [3.05, 3.63) is 42.2 Å². The van der Waals surface area contributed by atoms with Crippen LogP contribution in [0.5, 0.6) is 0 Å². The van der Waals surface area contributed by atoms with E-state index in [9.17, 15) is 5.11 Å². The van der Waals surface area contributed by atoms with Gasteiger partial charge in [0.2, 0.25) is 0 Å². The number of aliphatic hydroxyl groups excluding tert-OH is 1. The van der Waals surface area contributed by atoms with Crippen LogP contribution in [-0.4, -0.2) is 32.7 Å². The molecule has 2 N–H and O–H groups in total. The summed E-state index contributed by atoms with van der Waals surface area (Å²) in [5, 5.41) is 21.2. The molecule has 2 aromatic rings. The first kappa shape index (κ1) is 13.7. The maximum Gasteiger partial charge on any atom is 0.0969 e. The summed E-state index contributed by atoms with van der Waals surface area (Å²) >= 11 is 0. The number of hydrogen-bond donors (Lipinski definition) is 2. The average Bonchev–Trinajstić information content (AvgIpc) is 2.89. The zero-order chi connectivity index (χ0) is 13.7. The highest BCUT2D eigenvalue weighted by molar-refractivity contribution is 5.28. The molecule has 0 amide bonds. The van der Waals surface area contributed by atoms with Crippen molar-refractivity contribution >= 4 is 0 Å². The highest BCUT2D eigenvalue weighted by Gasteiger charge is 2.12. The number of para-hydroxylation sites is 1. The summed E-state index contributed by atoms with van der Waals surface area (Å²) in [6.45, 7) is 4.89. The molecule has 1 atom stereocenters. The van der Waals surface area contributed by atoms with Gasteiger partial charge in [-0.05, 0) is 18.1 Å². The molecule has 5 nitrogen and oxygen atoms in total. The van der Waals surface area contributed by atoms with Gasteiger partial charge in [0.25, 0.3) is 0 Å². The van der Waals surface area contributed by atoms with Crippen LogP contribution in [0.15, 0.2) is 36.5 Å². The van der Waals surface area contributed by atoms with Crippen LogP contribution >= 0.6 is 0 Å². The first-order valence-corrected chi connectivity index (χ1v) is 6.51. The predicted octanol–water partition coefficient (Wildman–Crippen LogP) is 1.37. The van der Waals surface area contributed by atoms with Crippen LogP contribution in [0.25, 0.3) is 5.69 Å². The minimum Gasteiger partial charge on any atom is -0.395 e. The lowest BCUT2D eigenvalue weighted by molar-refractivity contribution is 0.209. The number of rotatable bonds is 6. The SMILES string of the molecule is CC(C)[C@@H](CO)NCc1cnn(-c2ccccc2)n1. The van der Waals surface area contributed by atoms with Gasteiger partial charge in [-0.25, -0.2) is 0 Å². The van der Waals surface area contributed by atoms with Crippen molar-refractivity contribution < 1.29 is 5.11 Å². The third-order valence-corrected chi connectivity index (χ3v) is 3.07. The number of nitrogens with one attached hydrogen (secondary N) is 1. The van der Waals surface area contributed by atoms with E-state index in [1.165, 1.54) is 0 Å². The number of aliphatic hydroxyl groups is 1. The minimum absolute atomic E-state index is 0.0851. The Balaban J connectivity index is 1.98. The van der Waals surface area contributed by atoms with Crippen LogP contribution in [0.3, 0.4) is 0 Å². The average molecular weight is 260 g/mol. The summed E-state index contributed by atoms with van der Waals surface area (Å²) in [6.07, 6.45) is 1.74. The summed E-state index contributed by atoms with van der Waals surface area (Å²) in [4.78, 5) is 1.61. The topological polar surface area (TPSA) is 63.0 Å². The third kappa shape index (κ3) is 3.62. The Labute approximate surface area is 113 Å². The van der Waals surface area contributed by atoms with Gasteiger partial charge < -0.3 is 10.4 Å². The smallest absolute Gasteiger partial charge is 0.0969 e. The van der Waals surface area contributed by atoms with Gasteiger partial charge >= 0.3 is 0 Å². The molecule has 1 heterocycles. The fourth-order valence-electron chi connectivity index (χ4n) is 1.81. The Morgan fingerprint density at radius 3 is 2.63 bits per heavy atom. The molecule has 0 aliphatic carbocycles. The van der Waals surface area contributed by atoms with Crippen LogP contribution in [-0.2, 0) is 6.54 Å². The maximum absolute atomic E-state index is 9.25. The first-order chi connectivity index (χ1) is 9.20. The van der Waals surface area contributed by atoms with Gasteiger partial charge in [0.1, 0.15) is 0 Å². The molecule has 5 heteroatoms. The zero-order valence-corrected chi connectivity index (χ0v) is 11.3. The lowest BCUT2D eigenvalue weighted by Gasteiger charge is -2.18. The van der Waals surface area contributed by atoms with Crippen molar-refractivity contribution in [2.45, 2.75) is 26.4 Å². The second kappa shape index (κ2) is 6.45. The monoisotopic (exact) mass is 260 g/mol. The molecule has 1 aromatic carbocycles. The summed E-state index contributed by atoms with van der Waals surface area (Å²) in [6, 6.07) is 9.88. The van der Waals surface area contributed by atoms with Crippen LogP contribution < -0.4 is 5.32 Å². The van der Waals surface area contributed by atoms with Gasteiger partial charge in [-0.1, -0.05) is 32.0 Å². The van der Waals surface area contributed by atoms with Gasteiger partial charge in [0.15, 0.2) is 0 Å². The van der Waals surface area contributed by atoms with E-state index < -0.39 is 0 Å². The molecule has 1 aromatic heterocycles. The Bertz CT molecular complexity index is 495. The van der Waals surface area contributed by atoms with E-state index in [2.05, 4.69) is 29.4 Å². The Morgan fingerprint density at radius 1 is 1.26 bits per heavy atom. The van der Waals surface area contributed by atoms with Crippen molar-refractivity contribution in [1.82, 2.24) is 20.3 Å². The van der Waals surface area contributed by atoms with E-state index in [0.717, 1.165) is 11.4 Å². The number of nitrogens with zero attached hydrogens (tertiary/aromatic N) is 3. The zero-order valence-electron chi connectivity index (χ0n) is 11.3. The van der Waals surface area contributed by atoms with E-state index in [1.54, 1.807) is 11.0 Å². The van der Waals surface area contributed by atoms with Gasteiger partial charge in [-0.2, -0.15) is 15.0 Å². The van der Waals surface area contributed by atoms with Crippen molar-refractivity contribution in [3.63, 3.8) is 0 Å². The fourth-order valence-corrected chi connectivity index (χ4v) is 1.81. The summed E-state index contributed by atoms with van der Waals surface area (Å²) in [5.74, 6) is 0.383. The Hall–Kier alpha value is -1.72. The van der Waals surface area contributed by atoms with Crippen molar-refractivity contribution in [3.8, 4) is 5.69 Å². The van der Waals surface area contributed by atoms with E-state index >= 15 is 0 Å². The number of aromatic nitrogens is 3. The molecule has 2 rings (SSSR count). The molecule has 0 bridgehead atoms. The third-order valence-electron chi connectivity index (χ3n) is 3.07. The largest absolute Gasteiger partial charge is 0.395 e. The highest BCUT2D eigenvalue weighted by atomic mass is 16.3. The molecule has 0 fully saturated rings. The molecule has 0 aliphatic heterocycles. The lowest BCUT2D eigenvalue weighted by atomic mass is 10.1. The normalized spacial score (nSPS) is 12.8. The Kier molecular flexibility index (Phi) is 4.65. The molecule has 0 aliphatic rings. The van der Waals surface area contributed by atoms with Crippen molar-refractivity contribution in [2.75, 3.05) is 6.61 Å². The van der Waals surface area contributed by atoms with Crippen LogP contribution in [0.1, 0.15) is 19.5 Å². The van der Waals surface area contributed by atoms with E-state index in [0.29, 0.717) is 12.5 Å². The molecule has 102 valence electrons. The molecular weight excluding hydrogens is 240 g/mol. The molecule has 0 saturated heterocycles. The quantitative estimate of drug-likeness (QED) is 0.823.